The Labute approximate surface area is 79.7 Å². The first-order valence-corrected chi connectivity index (χ1v) is 5.13. The monoisotopic (exact) mass is 188 g/mol. The first kappa shape index (κ1) is 11.0. The van der Waals surface area contributed by atoms with Crippen LogP contribution >= 0.6 is 0 Å². The number of hydrogen-bond donors (Lipinski definition) is 2. The van der Waals surface area contributed by atoms with Gasteiger partial charge in [-0.25, -0.2) is 0 Å². The molecule has 0 radical (unpaired) electrons. The Hall–Kier alpha value is -0.120. The third kappa shape index (κ3) is 3.63. The van der Waals surface area contributed by atoms with E-state index in [1.807, 2.05) is 0 Å². The molecule has 0 aliphatic heterocycles. The summed E-state index contributed by atoms with van der Waals surface area (Å²) in [6.07, 6.45) is 4.41. The molecule has 3 heteroatoms. The Morgan fingerprint density at radius 1 is 1.15 bits per heavy atom. The quantitative estimate of drug-likeness (QED) is 0.690. The summed E-state index contributed by atoms with van der Waals surface area (Å²) in [6.45, 7) is 2.09. The molecule has 0 heterocycles. The van der Waals surface area contributed by atoms with Gasteiger partial charge in [-0.15, -0.1) is 0 Å². The van der Waals surface area contributed by atoms with Gasteiger partial charge in [0.2, 0.25) is 0 Å². The van der Waals surface area contributed by atoms with E-state index < -0.39 is 0 Å². The minimum absolute atomic E-state index is 0.0808. The van der Waals surface area contributed by atoms with Crippen molar-refractivity contribution in [3.05, 3.63) is 0 Å². The van der Waals surface area contributed by atoms with E-state index in [4.69, 9.17) is 14.9 Å². The lowest BCUT2D eigenvalue weighted by Crippen LogP contribution is -2.30. The number of aliphatic hydroxyl groups is 2. The zero-order chi connectivity index (χ0) is 9.68. The molecule has 1 saturated carbocycles. The largest absolute Gasteiger partial charge is 0.394 e. The fourth-order valence-corrected chi connectivity index (χ4v) is 1.78. The van der Waals surface area contributed by atoms with Crippen LogP contribution in [0.15, 0.2) is 0 Å². The molecule has 1 aliphatic rings. The summed E-state index contributed by atoms with van der Waals surface area (Å²) >= 11 is 0. The molecule has 0 aromatic heterocycles. The first-order chi connectivity index (χ1) is 6.26. The van der Waals surface area contributed by atoms with Crippen LogP contribution in [-0.4, -0.2) is 35.6 Å². The molecule has 0 saturated heterocycles. The molecule has 0 aromatic rings. The van der Waals surface area contributed by atoms with Gasteiger partial charge in [-0.2, -0.15) is 0 Å². The molecule has 1 aliphatic carbocycles. The highest BCUT2D eigenvalue weighted by Gasteiger charge is 2.21. The van der Waals surface area contributed by atoms with Crippen LogP contribution < -0.4 is 0 Å². The summed E-state index contributed by atoms with van der Waals surface area (Å²) in [7, 11) is 0. The van der Waals surface area contributed by atoms with Crippen LogP contribution in [0, 0.1) is 5.92 Å². The van der Waals surface area contributed by atoms with Crippen molar-refractivity contribution in [3.8, 4) is 0 Å². The summed E-state index contributed by atoms with van der Waals surface area (Å²) < 4.78 is 5.54. The number of ether oxygens (including phenoxy) is 1. The van der Waals surface area contributed by atoms with Crippen molar-refractivity contribution in [2.75, 3.05) is 13.2 Å². The van der Waals surface area contributed by atoms with Crippen LogP contribution in [0.2, 0.25) is 0 Å². The molecule has 1 rings (SSSR count). The maximum absolute atomic E-state index is 8.82. The summed E-state index contributed by atoms with van der Waals surface area (Å²) in [5.74, 6) is 0.807. The van der Waals surface area contributed by atoms with Gasteiger partial charge >= 0.3 is 0 Å². The molecular weight excluding hydrogens is 168 g/mol. The van der Waals surface area contributed by atoms with Crippen molar-refractivity contribution in [2.45, 2.75) is 44.8 Å². The van der Waals surface area contributed by atoms with Gasteiger partial charge in [0.05, 0.1) is 19.3 Å². The minimum atomic E-state index is -0.376. The summed E-state index contributed by atoms with van der Waals surface area (Å²) in [5, 5.41) is 17.6. The molecular formula is C10H20O3. The van der Waals surface area contributed by atoms with Crippen molar-refractivity contribution in [1.82, 2.24) is 0 Å². The molecule has 0 spiro atoms. The van der Waals surface area contributed by atoms with Crippen molar-refractivity contribution < 1.29 is 14.9 Å². The van der Waals surface area contributed by atoms with Gasteiger partial charge < -0.3 is 14.9 Å². The van der Waals surface area contributed by atoms with E-state index in [1.54, 1.807) is 0 Å². The molecule has 2 N–H and O–H groups in total. The topological polar surface area (TPSA) is 49.7 Å². The molecule has 0 bridgehead atoms. The van der Waals surface area contributed by atoms with E-state index in [-0.39, 0.29) is 25.4 Å². The molecule has 13 heavy (non-hydrogen) atoms. The molecule has 0 unspecified atom stereocenters. The lowest BCUT2D eigenvalue weighted by Gasteiger charge is -2.28. The zero-order valence-electron chi connectivity index (χ0n) is 8.28. The van der Waals surface area contributed by atoms with Crippen molar-refractivity contribution in [1.29, 1.82) is 0 Å². The molecule has 0 aromatic carbocycles. The summed E-state index contributed by atoms with van der Waals surface area (Å²) in [6, 6.07) is 0. The van der Waals surface area contributed by atoms with Gasteiger partial charge in [-0.3, -0.25) is 0 Å². The van der Waals surface area contributed by atoms with Gasteiger partial charge in [0.25, 0.3) is 0 Å². The normalized spacial score (nSPS) is 29.5. The zero-order valence-corrected chi connectivity index (χ0v) is 8.28. The fraction of sp³-hybridized carbons (Fsp3) is 1.00. The molecule has 78 valence electrons. The standard InChI is InChI=1S/C10H20O3/c1-8-2-4-9(5-3-8)13-10(6-11)7-12/h8-12H,2-7H2,1H3. The maximum Gasteiger partial charge on any atom is 0.104 e. The Kier molecular flexibility index (Phi) is 4.70. The minimum Gasteiger partial charge on any atom is -0.394 e. The average molecular weight is 188 g/mol. The maximum atomic E-state index is 8.82. The highest BCUT2D eigenvalue weighted by atomic mass is 16.5. The second kappa shape index (κ2) is 5.58. The van der Waals surface area contributed by atoms with Crippen LogP contribution in [0.3, 0.4) is 0 Å². The predicted octanol–water partition coefficient (Wildman–Crippen LogP) is 0.935. The second-order valence-electron chi connectivity index (χ2n) is 4.01. The Morgan fingerprint density at radius 2 is 1.69 bits per heavy atom. The smallest absolute Gasteiger partial charge is 0.104 e. The molecule has 3 nitrogen and oxygen atoms in total. The van der Waals surface area contributed by atoms with Gasteiger partial charge in [-0.1, -0.05) is 6.92 Å². The Balaban J connectivity index is 2.21. The van der Waals surface area contributed by atoms with Crippen LogP contribution in [-0.2, 0) is 4.74 Å². The number of hydrogen-bond acceptors (Lipinski definition) is 3. The molecule has 0 atom stereocenters. The third-order valence-corrected chi connectivity index (χ3v) is 2.76. The van der Waals surface area contributed by atoms with Gasteiger partial charge in [0.1, 0.15) is 6.10 Å². The van der Waals surface area contributed by atoms with E-state index in [2.05, 4.69) is 6.92 Å². The number of rotatable bonds is 4. The summed E-state index contributed by atoms with van der Waals surface area (Å²) in [4.78, 5) is 0. The highest BCUT2D eigenvalue weighted by Crippen LogP contribution is 2.26. The fourth-order valence-electron chi connectivity index (χ4n) is 1.78. The SMILES string of the molecule is CC1CCC(OC(CO)CO)CC1. The summed E-state index contributed by atoms with van der Waals surface area (Å²) in [5.41, 5.74) is 0. The van der Waals surface area contributed by atoms with Gasteiger partial charge in [0, 0.05) is 0 Å². The molecule has 1 fully saturated rings. The van der Waals surface area contributed by atoms with E-state index in [0.29, 0.717) is 0 Å². The van der Waals surface area contributed by atoms with Gasteiger partial charge in [-0.05, 0) is 31.6 Å². The average Bonchev–Trinajstić information content (AvgIpc) is 2.17. The Bertz CT molecular complexity index is 126. The second-order valence-corrected chi connectivity index (χ2v) is 4.01. The molecule has 0 amide bonds. The van der Waals surface area contributed by atoms with E-state index in [9.17, 15) is 0 Å². The van der Waals surface area contributed by atoms with E-state index in [1.165, 1.54) is 12.8 Å². The Morgan fingerprint density at radius 3 is 2.15 bits per heavy atom. The third-order valence-electron chi connectivity index (χ3n) is 2.76. The van der Waals surface area contributed by atoms with Gasteiger partial charge in [0.15, 0.2) is 0 Å². The predicted molar refractivity (Wildman–Crippen MR) is 50.5 cm³/mol. The highest BCUT2D eigenvalue weighted by molar-refractivity contribution is 4.71. The van der Waals surface area contributed by atoms with Crippen LogP contribution in [0.5, 0.6) is 0 Å². The van der Waals surface area contributed by atoms with Crippen molar-refractivity contribution in [2.24, 2.45) is 5.92 Å². The van der Waals surface area contributed by atoms with Crippen LogP contribution in [0.1, 0.15) is 32.6 Å². The lowest BCUT2D eigenvalue weighted by atomic mass is 9.89. The van der Waals surface area contributed by atoms with Crippen LogP contribution in [0.25, 0.3) is 0 Å². The van der Waals surface area contributed by atoms with Crippen molar-refractivity contribution in [3.63, 3.8) is 0 Å². The number of aliphatic hydroxyl groups excluding tert-OH is 2. The van der Waals surface area contributed by atoms with E-state index >= 15 is 0 Å². The first-order valence-electron chi connectivity index (χ1n) is 5.13. The lowest BCUT2D eigenvalue weighted by molar-refractivity contribution is -0.0776. The van der Waals surface area contributed by atoms with Crippen LogP contribution in [0.4, 0.5) is 0 Å². The van der Waals surface area contributed by atoms with Crippen molar-refractivity contribution >= 4 is 0 Å². The van der Waals surface area contributed by atoms with E-state index in [0.717, 1.165) is 18.8 Å².